The van der Waals surface area contributed by atoms with Gasteiger partial charge < -0.3 is 18.9 Å². The van der Waals surface area contributed by atoms with Gasteiger partial charge >= 0.3 is 11.9 Å². The van der Waals surface area contributed by atoms with Gasteiger partial charge in [-0.05, 0) is 13.0 Å². The highest BCUT2D eigenvalue weighted by Crippen LogP contribution is 2.21. The average Bonchev–Trinajstić information content (AvgIpc) is 2.29. The van der Waals surface area contributed by atoms with Gasteiger partial charge in [-0.25, -0.2) is 4.79 Å². The van der Waals surface area contributed by atoms with E-state index in [4.69, 9.17) is 14.2 Å². The van der Waals surface area contributed by atoms with Crippen LogP contribution in [-0.2, 0) is 28.5 Å². The van der Waals surface area contributed by atoms with Crippen LogP contribution in [0.3, 0.4) is 0 Å². The predicted molar refractivity (Wildman–Crippen MR) is 59.1 cm³/mol. The third kappa shape index (κ3) is 4.54. The molecule has 0 aliphatic heterocycles. The normalized spacial score (nSPS) is 13.5. The molecule has 0 rings (SSSR count). The molecule has 0 bridgehead atoms. The summed E-state index contributed by atoms with van der Waals surface area (Å²) in [5.41, 5.74) is 0. The lowest BCUT2D eigenvalue weighted by molar-refractivity contribution is -0.231. The fraction of sp³-hybridized carbons (Fsp3) is 0.636. The first-order valence-electron chi connectivity index (χ1n) is 4.96. The Bertz CT molecular complexity index is 292. The van der Waals surface area contributed by atoms with Crippen LogP contribution < -0.4 is 0 Å². The summed E-state index contributed by atoms with van der Waals surface area (Å²) in [6.45, 7) is 2.87. The van der Waals surface area contributed by atoms with Gasteiger partial charge in [0.2, 0.25) is 5.79 Å². The molecule has 0 saturated carbocycles. The second-order valence-electron chi connectivity index (χ2n) is 3.24. The average molecular weight is 246 g/mol. The Morgan fingerprint density at radius 2 is 1.71 bits per heavy atom. The van der Waals surface area contributed by atoms with Crippen molar-refractivity contribution in [2.45, 2.75) is 25.7 Å². The zero-order valence-electron chi connectivity index (χ0n) is 10.7. The second kappa shape index (κ2) is 7.03. The topological polar surface area (TPSA) is 71.1 Å². The number of ether oxygens (including phenoxy) is 4. The highest BCUT2D eigenvalue weighted by molar-refractivity contribution is 5.81. The van der Waals surface area contributed by atoms with Crippen molar-refractivity contribution >= 4 is 11.9 Å². The third-order valence-corrected chi connectivity index (χ3v) is 2.20. The van der Waals surface area contributed by atoms with Crippen molar-refractivity contribution in [3.05, 3.63) is 12.2 Å². The van der Waals surface area contributed by atoms with E-state index in [2.05, 4.69) is 4.74 Å². The zero-order chi connectivity index (χ0) is 13.5. The van der Waals surface area contributed by atoms with Gasteiger partial charge in [0.25, 0.3) is 0 Å². The van der Waals surface area contributed by atoms with Crippen molar-refractivity contribution in [3.8, 4) is 0 Å². The molecular formula is C11H18O6. The molecule has 1 atom stereocenters. The second-order valence-corrected chi connectivity index (χ2v) is 3.24. The van der Waals surface area contributed by atoms with Crippen molar-refractivity contribution < 1.29 is 28.5 Å². The molecule has 1 unspecified atom stereocenters. The zero-order valence-corrected chi connectivity index (χ0v) is 10.7. The minimum absolute atomic E-state index is 0.470. The van der Waals surface area contributed by atoms with Gasteiger partial charge in [-0.2, -0.15) is 0 Å². The Hall–Kier alpha value is -1.40. The lowest BCUT2D eigenvalue weighted by Crippen LogP contribution is -2.45. The van der Waals surface area contributed by atoms with Crippen molar-refractivity contribution in [1.82, 2.24) is 0 Å². The SMILES string of the molecule is COC(=O)C=CC(OC)(OC)C(C)OC(C)=O. The molecule has 0 spiro atoms. The van der Waals surface area contributed by atoms with E-state index in [0.29, 0.717) is 0 Å². The Morgan fingerprint density at radius 3 is 2.06 bits per heavy atom. The van der Waals surface area contributed by atoms with E-state index in [1.54, 1.807) is 6.92 Å². The molecular weight excluding hydrogens is 228 g/mol. The maximum absolute atomic E-state index is 11.0. The van der Waals surface area contributed by atoms with Crippen LogP contribution >= 0.6 is 0 Å². The lowest BCUT2D eigenvalue weighted by atomic mass is 10.1. The van der Waals surface area contributed by atoms with E-state index in [9.17, 15) is 9.59 Å². The minimum Gasteiger partial charge on any atom is -0.466 e. The molecule has 0 aliphatic carbocycles. The summed E-state index contributed by atoms with van der Waals surface area (Å²) < 4.78 is 19.7. The molecule has 0 fully saturated rings. The van der Waals surface area contributed by atoms with Crippen molar-refractivity contribution in [2.75, 3.05) is 21.3 Å². The number of hydrogen-bond donors (Lipinski definition) is 0. The summed E-state index contributed by atoms with van der Waals surface area (Å²) in [4.78, 5) is 21.9. The monoisotopic (exact) mass is 246 g/mol. The third-order valence-electron chi connectivity index (χ3n) is 2.20. The number of esters is 2. The maximum atomic E-state index is 11.0. The Morgan fingerprint density at radius 1 is 1.18 bits per heavy atom. The lowest BCUT2D eigenvalue weighted by Gasteiger charge is -2.32. The van der Waals surface area contributed by atoms with Crippen LogP contribution in [0.25, 0.3) is 0 Å². The Kier molecular flexibility index (Phi) is 6.45. The molecule has 17 heavy (non-hydrogen) atoms. The molecule has 0 aromatic carbocycles. The maximum Gasteiger partial charge on any atom is 0.330 e. The molecule has 0 aliphatic rings. The summed E-state index contributed by atoms with van der Waals surface area (Å²) in [5.74, 6) is -2.35. The van der Waals surface area contributed by atoms with Crippen LogP contribution in [0.4, 0.5) is 0 Å². The molecule has 0 aromatic rings. The highest BCUT2D eigenvalue weighted by atomic mass is 16.7. The van der Waals surface area contributed by atoms with Gasteiger partial charge in [-0.3, -0.25) is 4.79 Å². The van der Waals surface area contributed by atoms with Gasteiger partial charge in [-0.15, -0.1) is 0 Å². The Balaban J connectivity index is 4.94. The molecule has 0 N–H and O–H groups in total. The molecule has 0 saturated heterocycles. The van der Waals surface area contributed by atoms with E-state index in [-0.39, 0.29) is 0 Å². The molecule has 0 amide bonds. The first kappa shape index (κ1) is 15.6. The van der Waals surface area contributed by atoms with Crippen LogP contribution in [0.2, 0.25) is 0 Å². The molecule has 98 valence electrons. The summed E-state index contributed by atoms with van der Waals surface area (Å²) in [6.07, 6.45) is 1.77. The van der Waals surface area contributed by atoms with Gasteiger partial charge in [0.1, 0.15) is 0 Å². The number of methoxy groups -OCH3 is 3. The van der Waals surface area contributed by atoms with E-state index in [1.165, 1.54) is 34.3 Å². The van der Waals surface area contributed by atoms with E-state index in [1.807, 2.05) is 0 Å². The fourth-order valence-corrected chi connectivity index (χ4v) is 1.27. The summed E-state index contributed by atoms with van der Waals surface area (Å²) in [7, 11) is 4.01. The number of rotatable bonds is 6. The van der Waals surface area contributed by atoms with E-state index >= 15 is 0 Å². The fourth-order valence-electron chi connectivity index (χ4n) is 1.27. The predicted octanol–water partition coefficient (Wildman–Crippen LogP) is 0.656. The quantitative estimate of drug-likeness (QED) is 0.389. The molecule has 6 nitrogen and oxygen atoms in total. The Labute approximate surface area is 100 Å². The molecule has 0 aromatic heterocycles. The standard InChI is InChI=1S/C11H18O6/c1-8(17-9(2)12)11(15-4,16-5)7-6-10(13)14-3/h6-8H,1-5H3. The van der Waals surface area contributed by atoms with Crippen LogP contribution in [0, 0.1) is 0 Å². The van der Waals surface area contributed by atoms with Crippen LogP contribution in [0.5, 0.6) is 0 Å². The van der Waals surface area contributed by atoms with Crippen LogP contribution in [-0.4, -0.2) is 45.2 Å². The van der Waals surface area contributed by atoms with E-state index < -0.39 is 23.8 Å². The molecule has 6 heteroatoms. The number of hydrogen-bond acceptors (Lipinski definition) is 6. The van der Waals surface area contributed by atoms with Gasteiger partial charge in [0.15, 0.2) is 6.10 Å². The first-order valence-corrected chi connectivity index (χ1v) is 4.96. The highest BCUT2D eigenvalue weighted by Gasteiger charge is 2.36. The van der Waals surface area contributed by atoms with Gasteiger partial charge in [0, 0.05) is 27.2 Å². The first-order chi connectivity index (χ1) is 7.91. The van der Waals surface area contributed by atoms with Crippen LogP contribution in [0.1, 0.15) is 13.8 Å². The van der Waals surface area contributed by atoms with Crippen molar-refractivity contribution in [1.29, 1.82) is 0 Å². The van der Waals surface area contributed by atoms with Crippen molar-refractivity contribution in [3.63, 3.8) is 0 Å². The van der Waals surface area contributed by atoms with E-state index in [0.717, 1.165) is 6.08 Å². The van der Waals surface area contributed by atoms with Gasteiger partial charge in [-0.1, -0.05) is 0 Å². The summed E-state index contributed by atoms with van der Waals surface area (Å²) >= 11 is 0. The number of carbonyl (C=O) groups is 2. The molecule has 0 radical (unpaired) electrons. The molecule has 0 heterocycles. The smallest absolute Gasteiger partial charge is 0.330 e. The summed E-state index contributed by atoms with van der Waals surface area (Å²) in [6, 6.07) is 0. The number of carbonyl (C=O) groups excluding carboxylic acids is 2. The minimum atomic E-state index is -1.32. The van der Waals surface area contributed by atoms with Gasteiger partial charge in [0.05, 0.1) is 7.11 Å². The van der Waals surface area contributed by atoms with Crippen LogP contribution in [0.15, 0.2) is 12.2 Å². The largest absolute Gasteiger partial charge is 0.466 e. The van der Waals surface area contributed by atoms with Crippen molar-refractivity contribution in [2.24, 2.45) is 0 Å². The summed E-state index contributed by atoms with van der Waals surface area (Å²) in [5, 5.41) is 0.